The zero-order chi connectivity index (χ0) is 12.8. The monoisotopic (exact) mass is 222 g/mol. The van der Waals surface area contributed by atoms with Crippen molar-refractivity contribution in [1.29, 1.82) is 0 Å². The summed E-state index contributed by atoms with van der Waals surface area (Å²) in [6, 6.07) is 0. The summed E-state index contributed by atoms with van der Waals surface area (Å²) in [5.74, 6) is 0. The van der Waals surface area contributed by atoms with Crippen molar-refractivity contribution in [2.75, 3.05) is 0 Å². The highest BCUT2D eigenvalue weighted by Crippen LogP contribution is 2.37. The predicted molar refractivity (Wildman–Crippen MR) is 71.5 cm³/mol. The van der Waals surface area contributed by atoms with Gasteiger partial charge in [0.1, 0.15) is 0 Å². The molecule has 1 fully saturated rings. The molecule has 1 heterocycles. The molecule has 0 aromatic carbocycles. The van der Waals surface area contributed by atoms with Crippen LogP contribution in [0.5, 0.6) is 0 Å². The maximum Gasteiger partial charge on any atom is 0.461 e. The van der Waals surface area contributed by atoms with E-state index in [-0.39, 0.29) is 18.3 Å². The van der Waals surface area contributed by atoms with E-state index in [2.05, 4.69) is 47.4 Å². The minimum absolute atomic E-state index is 0.129. The standard InChI is InChI=1S/C11H19BO2.C2H4/c1-6-7-8-9-12-13-10(2,3)11(4,5)14-12;1-2/h6-8H,1,9H2,2-5H3;1-2H2/b8-7+;. The van der Waals surface area contributed by atoms with Crippen LogP contribution in [-0.4, -0.2) is 18.3 Å². The van der Waals surface area contributed by atoms with Crippen molar-refractivity contribution in [1.82, 2.24) is 0 Å². The minimum Gasteiger partial charge on any atom is -0.403 e. The fourth-order valence-electron chi connectivity index (χ4n) is 1.35. The molecule has 1 aliphatic rings. The molecule has 0 saturated carbocycles. The lowest BCUT2D eigenvalue weighted by Gasteiger charge is -2.32. The molecule has 16 heavy (non-hydrogen) atoms. The van der Waals surface area contributed by atoms with Crippen LogP contribution >= 0.6 is 0 Å². The largest absolute Gasteiger partial charge is 0.461 e. The molecule has 0 aromatic rings. The van der Waals surface area contributed by atoms with E-state index < -0.39 is 0 Å². The van der Waals surface area contributed by atoms with E-state index in [0.717, 1.165) is 6.32 Å². The molecule has 1 saturated heterocycles. The summed E-state index contributed by atoms with van der Waals surface area (Å²) in [6.07, 6.45) is 6.45. The Labute approximate surface area is 100 Å². The Kier molecular flexibility index (Phi) is 5.77. The van der Waals surface area contributed by atoms with Gasteiger partial charge < -0.3 is 9.31 Å². The van der Waals surface area contributed by atoms with E-state index >= 15 is 0 Å². The van der Waals surface area contributed by atoms with Crippen LogP contribution in [0.25, 0.3) is 0 Å². The van der Waals surface area contributed by atoms with E-state index in [1.807, 2.05) is 12.2 Å². The predicted octanol–water partition coefficient (Wildman–Crippen LogP) is 3.62. The number of hydrogen-bond donors (Lipinski definition) is 0. The molecule has 3 heteroatoms. The molecule has 0 aromatic heterocycles. The molecule has 0 spiro atoms. The second kappa shape index (κ2) is 6.07. The molecule has 1 rings (SSSR count). The highest BCUT2D eigenvalue weighted by atomic mass is 16.7. The fraction of sp³-hybridized carbons (Fsp3) is 0.538. The van der Waals surface area contributed by atoms with Gasteiger partial charge in [-0.15, -0.1) is 13.2 Å². The van der Waals surface area contributed by atoms with E-state index in [9.17, 15) is 0 Å². The lowest BCUT2D eigenvalue weighted by Crippen LogP contribution is -2.41. The Balaban J connectivity index is 0.00000106. The fourth-order valence-corrected chi connectivity index (χ4v) is 1.35. The zero-order valence-corrected chi connectivity index (χ0v) is 11.0. The highest BCUT2D eigenvalue weighted by Gasteiger charge is 2.50. The highest BCUT2D eigenvalue weighted by molar-refractivity contribution is 6.46. The summed E-state index contributed by atoms with van der Waals surface area (Å²) < 4.78 is 11.6. The maximum absolute atomic E-state index is 5.80. The van der Waals surface area contributed by atoms with Gasteiger partial charge in [0.2, 0.25) is 0 Å². The lowest BCUT2D eigenvalue weighted by molar-refractivity contribution is 0.00578. The molecule has 2 nitrogen and oxygen atoms in total. The second-order valence-electron chi connectivity index (χ2n) is 4.59. The topological polar surface area (TPSA) is 18.5 Å². The van der Waals surface area contributed by atoms with Crippen LogP contribution in [0.1, 0.15) is 27.7 Å². The first-order valence-corrected chi connectivity index (χ1v) is 5.52. The van der Waals surface area contributed by atoms with Crippen LogP contribution in [0, 0.1) is 0 Å². The normalized spacial score (nSPS) is 21.6. The number of allylic oxidation sites excluding steroid dienone is 3. The number of rotatable bonds is 3. The average molecular weight is 222 g/mol. The van der Waals surface area contributed by atoms with Gasteiger partial charge in [0.25, 0.3) is 0 Å². The van der Waals surface area contributed by atoms with Gasteiger partial charge in [-0.05, 0) is 27.7 Å². The summed E-state index contributed by atoms with van der Waals surface area (Å²) >= 11 is 0. The van der Waals surface area contributed by atoms with Crippen LogP contribution in [0.2, 0.25) is 6.32 Å². The third-order valence-corrected chi connectivity index (χ3v) is 2.90. The van der Waals surface area contributed by atoms with Crippen LogP contribution in [-0.2, 0) is 9.31 Å². The second-order valence-corrected chi connectivity index (χ2v) is 4.59. The van der Waals surface area contributed by atoms with E-state index in [1.54, 1.807) is 6.08 Å². The van der Waals surface area contributed by atoms with Gasteiger partial charge in [0.05, 0.1) is 11.2 Å². The first-order valence-electron chi connectivity index (χ1n) is 5.52. The van der Waals surface area contributed by atoms with Crippen molar-refractivity contribution < 1.29 is 9.31 Å². The summed E-state index contributed by atoms with van der Waals surface area (Å²) in [7, 11) is -0.129. The SMILES string of the molecule is C=C.C=C/C=C/CB1OC(C)(C)C(C)(C)O1. The summed E-state index contributed by atoms with van der Waals surface area (Å²) in [5.41, 5.74) is -0.445. The van der Waals surface area contributed by atoms with Crippen molar-refractivity contribution >= 4 is 7.12 Å². The molecular formula is C13H23BO2. The molecule has 0 atom stereocenters. The molecule has 1 aliphatic heterocycles. The summed E-state index contributed by atoms with van der Waals surface area (Å²) in [5, 5.41) is 0. The van der Waals surface area contributed by atoms with Gasteiger partial charge in [-0.25, -0.2) is 0 Å². The Morgan fingerprint density at radius 2 is 1.50 bits per heavy atom. The van der Waals surface area contributed by atoms with Crippen LogP contribution in [0.4, 0.5) is 0 Å². The third-order valence-electron chi connectivity index (χ3n) is 2.90. The van der Waals surface area contributed by atoms with Crippen molar-refractivity contribution in [2.24, 2.45) is 0 Å². The van der Waals surface area contributed by atoms with Crippen molar-refractivity contribution in [3.63, 3.8) is 0 Å². The Hall–Kier alpha value is -0.795. The van der Waals surface area contributed by atoms with Gasteiger partial charge in [0.15, 0.2) is 0 Å². The van der Waals surface area contributed by atoms with E-state index in [0.29, 0.717) is 0 Å². The van der Waals surface area contributed by atoms with Crippen molar-refractivity contribution in [3.05, 3.63) is 38.0 Å². The van der Waals surface area contributed by atoms with Crippen molar-refractivity contribution in [2.45, 2.75) is 45.2 Å². The zero-order valence-electron chi connectivity index (χ0n) is 11.0. The van der Waals surface area contributed by atoms with Gasteiger partial charge >= 0.3 is 7.12 Å². The van der Waals surface area contributed by atoms with Gasteiger partial charge in [-0.2, -0.15) is 0 Å². The maximum atomic E-state index is 5.80. The molecule has 0 N–H and O–H groups in total. The van der Waals surface area contributed by atoms with Crippen LogP contribution < -0.4 is 0 Å². The van der Waals surface area contributed by atoms with E-state index in [4.69, 9.17) is 9.31 Å². The van der Waals surface area contributed by atoms with Crippen molar-refractivity contribution in [3.8, 4) is 0 Å². The third kappa shape index (κ3) is 3.65. The smallest absolute Gasteiger partial charge is 0.403 e. The molecule has 0 amide bonds. The van der Waals surface area contributed by atoms with E-state index in [1.165, 1.54) is 0 Å². The van der Waals surface area contributed by atoms with Crippen LogP contribution in [0.3, 0.4) is 0 Å². The minimum atomic E-state index is -0.223. The van der Waals surface area contributed by atoms with Gasteiger partial charge in [0, 0.05) is 6.32 Å². The molecule has 0 bridgehead atoms. The number of hydrogen-bond acceptors (Lipinski definition) is 2. The summed E-state index contributed by atoms with van der Waals surface area (Å²) in [6.45, 7) is 17.9. The average Bonchev–Trinajstić information content (AvgIpc) is 2.39. The molecule has 0 unspecified atom stereocenters. The first kappa shape index (κ1) is 15.2. The lowest BCUT2D eigenvalue weighted by atomic mass is 9.85. The Morgan fingerprint density at radius 1 is 1.06 bits per heavy atom. The molecule has 0 radical (unpaired) electrons. The quantitative estimate of drug-likeness (QED) is 0.412. The Morgan fingerprint density at radius 3 is 1.88 bits per heavy atom. The van der Waals surface area contributed by atoms with Gasteiger partial charge in [-0.3, -0.25) is 0 Å². The van der Waals surface area contributed by atoms with Crippen LogP contribution in [0.15, 0.2) is 38.0 Å². The molecule has 90 valence electrons. The Bertz CT molecular complexity index is 241. The molecular weight excluding hydrogens is 199 g/mol. The molecule has 0 aliphatic carbocycles. The first-order chi connectivity index (χ1) is 7.39. The van der Waals surface area contributed by atoms with Gasteiger partial charge in [-0.1, -0.05) is 24.8 Å². The summed E-state index contributed by atoms with van der Waals surface area (Å²) in [4.78, 5) is 0.